The molecule has 0 spiro atoms. The monoisotopic (exact) mass is 621 g/mol. The van der Waals surface area contributed by atoms with Crippen molar-refractivity contribution in [2.24, 2.45) is 5.41 Å². The molecular formula is C35H41Cl2NO3Si. The smallest absolute Gasteiger partial charge is 0.257 e. The Bertz CT molecular complexity index is 1490. The first-order valence-corrected chi connectivity index (χ1v) is 18.2. The largest absolute Gasteiger partial charge is 0.416 e. The molecule has 3 aromatic carbocycles. The van der Waals surface area contributed by atoms with Crippen LogP contribution in [0, 0.1) is 5.41 Å². The van der Waals surface area contributed by atoms with Gasteiger partial charge in [0.25, 0.3) is 5.91 Å². The number of carbonyl (C=O) groups is 1. The maximum atomic E-state index is 14.4. The highest BCUT2D eigenvalue weighted by atomic mass is 35.5. The van der Waals surface area contributed by atoms with Gasteiger partial charge in [-0.1, -0.05) is 92.5 Å². The molecule has 1 fully saturated rings. The minimum atomic E-state index is -1.93. The number of rotatable bonds is 10. The number of ether oxygens (including phenoxy) is 1. The van der Waals surface area contributed by atoms with E-state index in [0.29, 0.717) is 35.4 Å². The van der Waals surface area contributed by atoms with Gasteiger partial charge < -0.3 is 9.16 Å². The summed E-state index contributed by atoms with van der Waals surface area (Å²) in [6.45, 7) is 18.9. The molecule has 0 radical (unpaired) electrons. The van der Waals surface area contributed by atoms with E-state index in [-0.39, 0.29) is 16.4 Å². The topological polar surface area (TPSA) is 38.8 Å². The summed E-state index contributed by atoms with van der Waals surface area (Å²) in [5.74, 6) is -0.0830. The Kier molecular flexibility index (Phi) is 8.32. The first-order chi connectivity index (χ1) is 19.7. The summed E-state index contributed by atoms with van der Waals surface area (Å²) >= 11 is 12.6. The Morgan fingerprint density at radius 1 is 0.952 bits per heavy atom. The van der Waals surface area contributed by atoms with Gasteiger partial charge in [-0.05, 0) is 79.4 Å². The van der Waals surface area contributed by atoms with Gasteiger partial charge in [0.1, 0.15) is 0 Å². The second-order valence-electron chi connectivity index (χ2n) is 13.5. The molecule has 1 atom stereocenters. The van der Waals surface area contributed by atoms with Crippen LogP contribution in [0.25, 0.3) is 5.57 Å². The van der Waals surface area contributed by atoms with Crippen molar-refractivity contribution in [2.45, 2.75) is 70.9 Å². The van der Waals surface area contributed by atoms with Crippen molar-refractivity contribution in [1.29, 1.82) is 0 Å². The summed E-state index contributed by atoms with van der Waals surface area (Å²) in [6, 6.07) is 21.3. The SMILES string of the molecule is C=C(C)c1ccc2c(c1)C(=O)N(Cc1ccc(Cl)cc1)[C@@]2(OCC1(CO[Si](C)(C)C(C)(C)C)CC1)c1ccc(Cl)cc1. The quantitative estimate of drug-likeness (QED) is 0.211. The lowest BCUT2D eigenvalue weighted by Gasteiger charge is -2.41. The van der Waals surface area contributed by atoms with Gasteiger partial charge in [0.05, 0.1) is 6.61 Å². The number of benzene rings is 3. The van der Waals surface area contributed by atoms with Gasteiger partial charge in [-0.2, -0.15) is 0 Å². The van der Waals surface area contributed by atoms with Crippen molar-refractivity contribution in [2.75, 3.05) is 13.2 Å². The maximum Gasteiger partial charge on any atom is 0.257 e. The summed E-state index contributed by atoms with van der Waals surface area (Å²) in [4.78, 5) is 16.2. The van der Waals surface area contributed by atoms with Gasteiger partial charge in [-0.15, -0.1) is 0 Å². The number of nitrogens with zero attached hydrogens (tertiary/aromatic N) is 1. The van der Waals surface area contributed by atoms with Crippen molar-refractivity contribution in [3.05, 3.63) is 111 Å². The molecule has 0 N–H and O–H groups in total. The van der Waals surface area contributed by atoms with E-state index < -0.39 is 14.0 Å². The zero-order valence-electron chi connectivity index (χ0n) is 25.5. The normalized spacial score (nSPS) is 19.6. The third-order valence-corrected chi connectivity index (χ3v) is 14.3. The lowest BCUT2D eigenvalue weighted by atomic mass is 9.91. The van der Waals surface area contributed by atoms with Crippen LogP contribution in [-0.4, -0.2) is 32.3 Å². The predicted molar refractivity (Wildman–Crippen MR) is 175 cm³/mol. The molecule has 0 bridgehead atoms. The van der Waals surface area contributed by atoms with E-state index in [0.717, 1.165) is 40.7 Å². The highest BCUT2D eigenvalue weighted by Crippen LogP contribution is 2.53. The number of fused-ring (bicyclic) bond motifs is 1. The summed E-state index contributed by atoms with van der Waals surface area (Å²) in [7, 11) is -1.93. The fourth-order valence-corrected chi connectivity index (χ4v) is 6.56. The third-order valence-electron chi connectivity index (χ3n) is 9.31. The minimum Gasteiger partial charge on any atom is -0.416 e. The second-order valence-corrected chi connectivity index (χ2v) is 19.2. The van der Waals surface area contributed by atoms with E-state index in [1.165, 1.54) is 0 Å². The van der Waals surface area contributed by atoms with Gasteiger partial charge in [0.15, 0.2) is 14.0 Å². The van der Waals surface area contributed by atoms with E-state index in [9.17, 15) is 4.79 Å². The first-order valence-electron chi connectivity index (χ1n) is 14.6. The van der Waals surface area contributed by atoms with E-state index in [2.05, 4.69) is 40.4 Å². The molecule has 1 aliphatic heterocycles. The number of halogens is 2. The lowest BCUT2D eigenvalue weighted by Crippen LogP contribution is -2.48. The summed E-state index contributed by atoms with van der Waals surface area (Å²) in [6.07, 6.45) is 2.07. The van der Waals surface area contributed by atoms with Gasteiger partial charge in [0.2, 0.25) is 0 Å². The molecule has 42 heavy (non-hydrogen) atoms. The molecule has 222 valence electrons. The highest BCUT2D eigenvalue weighted by Gasteiger charge is 2.55. The Hall–Kier alpha value is -2.41. The molecule has 0 saturated heterocycles. The van der Waals surface area contributed by atoms with E-state index >= 15 is 0 Å². The zero-order valence-corrected chi connectivity index (χ0v) is 28.0. The molecule has 1 aliphatic carbocycles. The molecule has 1 heterocycles. The standard InChI is InChI=1S/C35H41Cl2NO3Si/c1-24(2)26-10-17-31-30(20-26)32(39)38(21-25-8-13-28(36)14-9-25)35(31,27-11-15-29(37)16-12-27)40-22-34(18-19-34)23-41-42(6,7)33(3,4)5/h8-17,20H,1,18-19,21-23H2,2-7H3/t35-/m1/s1. The average molecular weight is 623 g/mol. The van der Waals surface area contributed by atoms with Crippen LogP contribution in [0.15, 0.2) is 73.3 Å². The van der Waals surface area contributed by atoms with Crippen LogP contribution in [0.5, 0.6) is 0 Å². The Balaban J connectivity index is 1.59. The summed E-state index contributed by atoms with van der Waals surface area (Å²) in [5, 5.41) is 1.40. The van der Waals surface area contributed by atoms with Crippen molar-refractivity contribution in [3.63, 3.8) is 0 Å². The fourth-order valence-electron chi connectivity index (χ4n) is 5.21. The molecular weight excluding hydrogens is 581 g/mol. The minimum absolute atomic E-state index is 0.0790. The van der Waals surface area contributed by atoms with Gasteiger partial charge in [-0.25, -0.2) is 0 Å². The predicted octanol–water partition coefficient (Wildman–Crippen LogP) is 9.70. The van der Waals surface area contributed by atoms with Gasteiger partial charge in [0, 0.05) is 45.3 Å². The van der Waals surface area contributed by atoms with E-state index in [1.807, 2.05) is 78.6 Å². The van der Waals surface area contributed by atoms with Crippen LogP contribution in [0.4, 0.5) is 0 Å². The number of hydrogen-bond donors (Lipinski definition) is 0. The van der Waals surface area contributed by atoms with Crippen LogP contribution in [-0.2, 0) is 21.4 Å². The molecule has 4 nitrogen and oxygen atoms in total. The van der Waals surface area contributed by atoms with E-state index in [1.54, 1.807) is 0 Å². The fraction of sp³-hybridized carbons (Fsp3) is 0.400. The third kappa shape index (κ3) is 5.87. The van der Waals surface area contributed by atoms with Crippen LogP contribution in [0.2, 0.25) is 28.2 Å². The van der Waals surface area contributed by atoms with Crippen LogP contribution < -0.4 is 0 Å². The molecule has 1 saturated carbocycles. The summed E-state index contributed by atoms with van der Waals surface area (Å²) in [5.41, 5.74) is 3.89. The van der Waals surface area contributed by atoms with Crippen molar-refractivity contribution in [3.8, 4) is 0 Å². The average Bonchev–Trinajstić information content (AvgIpc) is 3.68. The molecule has 0 aromatic heterocycles. The zero-order chi connectivity index (χ0) is 30.5. The highest BCUT2D eigenvalue weighted by molar-refractivity contribution is 6.74. The number of carbonyl (C=O) groups excluding carboxylic acids is 1. The van der Waals surface area contributed by atoms with Crippen molar-refractivity contribution < 1.29 is 14.0 Å². The van der Waals surface area contributed by atoms with Crippen molar-refractivity contribution >= 4 is 43.0 Å². The molecule has 7 heteroatoms. The maximum absolute atomic E-state index is 14.4. The first kappa shape index (κ1) is 31.0. The molecule has 2 aliphatic rings. The second kappa shape index (κ2) is 11.3. The van der Waals surface area contributed by atoms with Crippen LogP contribution in [0.1, 0.15) is 73.1 Å². The lowest BCUT2D eigenvalue weighted by molar-refractivity contribution is -0.128. The molecule has 5 rings (SSSR count). The van der Waals surface area contributed by atoms with Crippen LogP contribution >= 0.6 is 23.2 Å². The number of hydrogen-bond acceptors (Lipinski definition) is 3. The van der Waals surface area contributed by atoms with E-state index in [4.69, 9.17) is 32.4 Å². The number of amides is 1. The van der Waals surface area contributed by atoms with Gasteiger partial charge >= 0.3 is 0 Å². The number of allylic oxidation sites excluding steroid dienone is 1. The Labute approximate surface area is 261 Å². The summed E-state index contributed by atoms with van der Waals surface area (Å²) < 4.78 is 13.8. The molecule has 3 aromatic rings. The molecule has 0 unspecified atom stereocenters. The Morgan fingerprint density at radius 3 is 2.10 bits per heavy atom. The van der Waals surface area contributed by atoms with Gasteiger partial charge in [-0.3, -0.25) is 9.69 Å². The molecule has 1 amide bonds. The van der Waals surface area contributed by atoms with Crippen molar-refractivity contribution in [1.82, 2.24) is 4.90 Å². The Morgan fingerprint density at radius 2 is 1.55 bits per heavy atom. The van der Waals surface area contributed by atoms with Crippen LogP contribution in [0.3, 0.4) is 0 Å².